The molecule has 0 saturated carbocycles. The van der Waals surface area contributed by atoms with Crippen molar-refractivity contribution in [3.63, 3.8) is 0 Å². The van der Waals surface area contributed by atoms with E-state index in [0.717, 1.165) is 23.3 Å². The van der Waals surface area contributed by atoms with Gasteiger partial charge < -0.3 is 35.8 Å². The van der Waals surface area contributed by atoms with Crippen molar-refractivity contribution in [3.05, 3.63) is 42.0 Å². The first-order valence-electron chi connectivity index (χ1n) is 14.2. The molecule has 1 aromatic carbocycles. The second-order valence-electron chi connectivity index (χ2n) is 10.7. The molecular formula is C30H49N5O8. The topological polar surface area (TPSA) is 183 Å². The molecular weight excluding hydrogens is 558 g/mol. The van der Waals surface area contributed by atoms with Gasteiger partial charge in [0, 0.05) is 58.1 Å². The first kappa shape index (κ1) is 39.0. The number of nitrogens with one attached hydrogen (secondary N) is 1. The predicted molar refractivity (Wildman–Crippen MR) is 164 cm³/mol. The minimum Gasteiger partial charge on any atom is -0.445 e. The van der Waals surface area contributed by atoms with Gasteiger partial charge in [0.1, 0.15) is 6.61 Å². The van der Waals surface area contributed by atoms with Gasteiger partial charge in [0.15, 0.2) is 0 Å². The van der Waals surface area contributed by atoms with Crippen LogP contribution in [-0.2, 0) is 25.7 Å². The number of imide groups is 1. The maximum absolute atomic E-state index is 12.0. The van der Waals surface area contributed by atoms with E-state index >= 15 is 0 Å². The number of amides is 6. The summed E-state index contributed by atoms with van der Waals surface area (Å²) in [5.74, 6) is 0.431. The lowest BCUT2D eigenvalue weighted by molar-refractivity contribution is -0.137. The summed E-state index contributed by atoms with van der Waals surface area (Å²) in [6.07, 6.45) is 4.17. The lowest BCUT2D eigenvalue weighted by atomic mass is 10.1. The highest BCUT2D eigenvalue weighted by atomic mass is 16.6. The van der Waals surface area contributed by atoms with Gasteiger partial charge in [0.05, 0.1) is 13.2 Å². The number of hydrogen-bond donors (Lipinski definition) is 4. The van der Waals surface area contributed by atoms with Crippen molar-refractivity contribution in [1.82, 2.24) is 14.7 Å². The van der Waals surface area contributed by atoms with Crippen LogP contribution in [0.3, 0.4) is 0 Å². The van der Waals surface area contributed by atoms with Crippen molar-refractivity contribution in [2.75, 3.05) is 52.3 Å². The highest BCUT2D eigenvalue weighted by molar-refractivity contribution is 6.12. The van der Waals surface area contributed by atoms with E-state index in [1.807, 2.05) is 0 Å². The van der Waals surface area contributed by atoms with Gasteiger partial charge in [-0.1, -0.05) is 39.8 Å². The highest BCUT2D eigenvalue weighted by Gasteiger charge is 2.21. The van der Waals surface area contributed by atoms with Gasteiger partial charge in [-0.15, -0.1) is 0 Å². The zero-order valence-corrected chi connectivity index (χ0v) is 26.2. The Labute approximate surface area is 254 Å². The van der Waals surface area contributed by atoms with Crippen LogP contribution in [0.15, 0.2) is 36.4 Å². The summed E-state index contributed by atoms with van der Waals surface area (Å²) in [4.78, 5) is 59.8. The predicted octanol–water partition coefficient (Wildman–Crippen LogP) is 2.57. The molecule has 2 rings (SSSR count). The number of nitrogens with two attached hydrogens (primary N) is 1. The number of nitrogens with zero attached hydrogens (tertiary/aromatic N) is 3. The Bertz CT molecular complexity index is 1030. The van der Waals surface area contributed by atoms with Crippen LogP contribution in [-0.4, -0.2) is 102 Å². The lowest BCUT2D eigenvalue weighted by Crippen LogP contribution is -2.39. The van der Waals surface area contributed by atoms with E-state index in [1.165, 1.54) is 22.0 Å². The number of benzene rings is 1. The van der Waals surface area contributed by atoms with E-state index in [1.54, 1.807) is 38.4 Å². The van der Waals surface area contributed by atoms with E-state index in [2.05, 4.69) is 33.0 Å². The fourth-order valence-corrected chi connectivity index (χ4v) is 3.09. The van der Waals surface area contributed by atoms with Crippen LogP contribution in [0.5, 0.6) is 0 Å². The first-order valence-corrected chi connectivity index (χ1v) is 14.2. The van der Waals surface area contributed by atoms with Crippen molar-refractivity contribution in [3.8, 4) is 0 Å². The molecule has 1 heterocycles. The van der Waals surface area contributed by atoms with E-state index in [9.17, 15) is 24.0 Å². The molecule has 0 fully saturated rings. The molecule has 0 aliphatic carbocycles. The van der Waals surface area contributed by atoms with E-state index < -0.39 is 12.1 Å². The third-order valence-corrected chi connectivity index (χ3v) is 5.94. The number of carbonyl (C=O) groups is 5. The third-order valence-electron chi connectivity index (χ3n) is 5.94. The van der Waals surface area contributed by atoms with Crippen LogP contribution in [0.1, 0.15) is 52.5 Å². The van der Waals surface area contributed by atoms with Crippen LogP contribution in [0.25, 0.3) is 0 Å². The SMILES string of the molecule is CC(C)CCC(=O)Nc1ccc(COC(=O)N(C)CCN(C)C(N)=O)cc1.CC(C)CCO.O=C1C=CC(=O)N1CCO. The average molecular weight is 608 g/mol. The van der Waals surface area contributed by atoms with E-state index in [0.29, 0.717) is 43.6 Å². The average Bonchev–Trinajstić information content (AvgIpc) is 3.27. The summed E-state index contributed by atoms with van der Waals surface area (Å²) in [5, 5.41) is 19.5. The summed E-state index contributed by atoms with van der Waals surface area (Å²) in [6, 6.07) is 6.61. The Morgan fingerprint density at radius 3 is 1.86 bits per heavy atom. The zero-order valence-electron chi connectivity index (χ0n) is 26.2. The fraction of sp³-hybridized carbons (Fsp3) is 0.567. The standard InChI is InChI=1S/C19H30N4O4.C6H7NO3.C5H12O/c1-14(2)5-10-17(24)21-16-8-6-15(7-9-16)13-27-19(26)23(4)12-11-22(3)18(20)25;8-4-3-7-5(9)1-2-6(7)10;1-5(2)3-4-6/h6-9,14H,5,10-13H2,1-4H3,(H2,20,25)(H,21,24);1-2,8H,3-4H2;5-6H,3-4H2,1-2H3. The number of aliphatic hydroxyl groups is 2. The minimum absolute atomic E-state index is 0.00886. The molecule has 1 aliphatic heterocycles. The Morgan fingerprint density at radius 2 is 1.42 bits per heavy atom. The largest absolute Gasteiger partial charge is 0.445 e. The molecule has 0 saturated heterocycles. The normalized spacial score (nSPS) is 11.9. The monoisotopic (exact) mass is 607 g/mol. The molecule has 5 N–H and O–H groups in total. The molecule has 6 amide bonds. The molecule has 13 heteroatoms. The molecule has 1 aromatic rings. The Hall–Kier alpha value is -3.97. The van der Waals surface area contributed by atoms with Gasteiger partial charge in [0.2, 0.25) is 5.91 Å². The zero-order chi connectivity index (χ0) is 32.9. The summed E-state index contributed by atoms with van der Waals surface area (Å²) in [5.41, 5.74) is 6.66. The van der Waals surface area contributed by atoms with Gasteiger partial charge >= 0.3 is 12.1 Å². The molecule has 0 radical (unpaired) electrons. The number of hydrogen-bond acceptors (Lipinski definition) is 8. The fourth-order valence-electron chi connectivity index (χ4n) is 3.09. The number of primary amides is 1. The smallest absolute Gasteiger partial charge is 0.409 e. The maximum Gasteiger partial charge on any atom is 0.409 e. The first-order chi connectivity index (χ1) is 20.2. The number of rotatable bonds is 13. The van der Waals surface area contributed by atoms with Crippen molar-refractivity contribution in [2.24, 2.45) is 17.6 Å². The molecule has 0 unspecified atom stereocenters. The van der Waals surface area contributed by atoms with Crippen LogP contribution in [0, 0.1) is 11.8 Å². The second-order valence-corrected chi connectivity index (χ2v) is 10.7. The summed E-state index contributed by atoms with van der Waals surface area (Å²) >= 11 is 0. The Kier molecular flexibility index (Phi) is 19.7. The number of urea groups is 1. The van der Waals surface area contributed by atoms with E-state index in [-0.39, 0.29) is 37.5 Å². The number of β-amino-alcohol motifs (C(OH)–C–C–N with tert-alkyl or cyclic N) is 1. The maximum atomic E-state index is 12.0. The molecule has 13 nitrogen and oxygen atoms in total. The summed E-state index contributed by atoms with van der Waals surface area (Å²) in [7, 11) is 3.15. The van der Waals surface area contributed by atoms with Gasteiger partial charge in [0.25, 0.3) is 11.8 Å². The number of anilines is 1. The van der Waals surface area contributed by atoms with Crippen molar-refractivity contribution in [2.45, 2.75) is 53.6 Å². The van der Waals surface area contributed by atoms with Gasteiger partial charge in [-0.2, -0.15) is 0 Å². The molecule has 242 valence electrons. The number of likely N-dealkylation sites (N-methyl/N-ethyl adjacent to an activating group) is 2. The summed E-state index contributed by atoms with van der Waals surface area (Å²) in [6.45, 7) is 9.35. The van der Waals surface area contributed by atoms with Gasteiger partial charge in [-0.3, -0.25) is 19.3 Å². The van der Waals surface area contributed by atoms with Crippen LogP contribution in [0.2, 0.25) is 0 Å². The lowest BCUT2D eigenvalue weighted by Gasteiger charge is -2.20. The number of carbonyl (C=O) groups excluding carboxylic acids is 5. The van der Waals surface area contributed by atoms with Crippen molar-refractivity contribution >= 4 is 35.5 Å². The molecule has 0 spiro atoms. The quantitative estimate of drug-likeness (QED) is 0.247. The second kappa shape index (κ2) is 21.7. The van der Waals surface area contributed by atoms with E-state index in [4.69, 9.17) is 20.7 Å². The van der Waals surface area contributed by atoms with Gasteiger partial charge in [-0.25, -0.2) is 9.59 Å². The number of aliphatic hydroxyl groups excluding tert-OH is 2. The Morgan fingerprint density at radius 1 is 0.884 bits per heavy atom. The van der Waals surface area contributed by atoms with Crippen LogP contribution >= 0.6 is 0 Å². The van der Waals surface area contributed by atoms with Crippen molar-refractivity contribution in [1.29, 1.82) is 0 Å². The molecule has 1 aliphatic rings. The molecule has 43 heavy (non-hydrogen) atoms. The van der Waals surface area contributed by atoms with Crippen molar-refractivity contribution < 1.29 is 38.9 Å². The van der Waals surface area contributed by atoms with Gasteiger partial charge in [-0.05, 0) is 42.4 Å². The van der Waals surface area contributed by atoms with Crippen LogP contribution in [0.4, 0.5) is 15.3 Å². The summed E-state index contributed by atoms with van der Waals surface area (Å²) < 4.78 is 5.23. The minimum atomic E-state index is -0.548. The van der Waals surface area contributed by atoms with Crippen LogP contribution < -0.4 is 11.1 Å². The third kappa shape index (κ3) is 18.2. The molecule has 0 bridgehead atoms. The Balaban J connectivity index is 0.000000893. The number of ether oxygens (including phenoxy) is 1. The highest BCUT2D eigenvalue weighted by Crippen LogP contribution is 2.13. The molecule has 0 atom stereocenters. The molecule has 0 aromatic heterocycles.